The van der Waals surface area contributed by atoms with Gasteiger partial charge < -0.3 is 9.73 Å². The fourth-order valence-corrected chi connectivity index (χ4v) is 3.34. The van der Waals surface area contributed by atoms with Crippen LogP contribution in [0.5, 0.6) is 0 Å². The Bertz CT molecular complexity index is 432. The van der Waals surface area contributed by atoms with Gasteiger partial charge in [0.25, 0.3) is 0 Å². The van der Waals surface area contributed by atoms with Gasteiger partial charge in [0.05, 0.1) is 13.1 Å². The third-order valence-electron chi connectivity index (χ3n) is 5.26. The van der Waals surface area contributed by atoms with E-state index in [4.69, 9.17) is 4.42 Å². The molecular formula is C17H28N2O. The summed E-state index contributed by atoms with van der Waals surface area (Å²) in [4.78, 5) is 2.56. The zero-order chi connectivity index (χ0) is 14.0. The molecular weight excluding hydrogens is 248 g/mol. The van der Waals surface area contributed by atoms with Gasteiger partial charge in [-0.25, -0.2) is 0 Å². The van der Waals surface area contributed by atoms with Crippen molar-refractivity contribution < 1.29 is 4.42 Å². The lowest BCUT2D eigenvalue weighted by Crippen LogP contribution is -2.25. The smallest absolute Gasteiger partial charge is 0.118 e. The first-order valence-corrected chi connectivity index (χ1v) is 8.26. The molecule has 3 rings (SSSR count). The number of rotatable bonds is 7. The van der Waals surface area contributed by atoms with E-state index in [0.717, 1.165) is 30.7 Å². The largest absolute Gasteiger partial charge is 0.463 e. The van der Waals surface area contributed by atoms with Crippen LogP contribution >= 0.6 is 0 Å². The number of hydrogen-bond donors (Lipinski definition) is 1. The molecule has 2 fully saturated rings. The van der Waals surface area contributed by atoms with Crippen LogP contribution in [0.25, 0.3) is 0 Å². The number of likely N-dealkylation sites (tertiary alicyclic amines) is 1. The van der Waals surface area contributed by atoms with Crippen molar-refractivity contribution in [1.82, 2.24) is 10.2 Å². The number of nitrogens with zero attached hydrogens (tertiary/aromatic N) is 1. The molecule has 0 amide bonds. The quantitative estimate of drug-likeness (QED) is 0.825. The Kier molecular flexibility index (Phi) is 4.18. The van der Waals surface area contributed by atoms with Gasteiger partial charge in [-0.05, 0) is 56.2 Å². The summed E-state index contributed by atoms with van der Waals surface area (Å²) >= 11 is 0. The maximum atomic E-state index is 5.96. The van der Waals surface area contributed by atoms with Crippen molar-refractivity contribution in [3.05, 3.63) is 23.7 Å². The van der Waals surface area contributed by atoms with E-state index in [0.29, 0.717) is 5.41 Å². The van der Waals surface area contributed by atoms with Crippen LogP contribution in [0.15, 0.2) is 16.5 Å². The Balaban J connectivity index is 1.50. The molecule has 3 heteroatoms. The van der Waals surface area contributed by atoms with Crippen LogP contribution in [0.2, 0.25) is 0 Å². The highest BCUT2D eigenvalue weighted by Crippen LogP contribution is 2.37. The lowest BCUT2D eigenvalue weighted by molar-refractivity contribution is 0.224. The predicted octanol–water partition coefficient (Wildman–Crippen LogP) is 3.54. The zero-order valence-corrected chi connectivity index (χ0v) is 13.0. The molecule has 0 atom stereocenters. The molecule has 2 aliphatic rings. The normalized spacial score (nSPS) is 22.5. The van der Waals surface area contributed by atoms with E-state index in [1.807, 2.05) is 0 Å². The number of nitrogens with one attached hydrogen (secondary N) is 1. The van der Waals surface area contributed by atoms with E-state index in [1.54, 1.807) is 0 Å². The van der Waals surface area contributed by atoms with E-state index in [-0.39, 0.29) is 0 Å². The molecule has 20 heavy (non-hydrogen) atoms. The summed E-state index contributed by atoms with van der Waals surface area (Å²) in [6, 6.07) is 5.03. The monoisotopic (exact) mass is 276 g/mol. The van der Waals surface area contributed by atoms with E-state index < -0.39 is 0 Å². The summed E-state index contributed by atoms with van der Waals surface area (Å²) in [5, 5.41) is 3.50. The van der Waals surface area contributed by atoms with E-state index >= 15 is 0 Å². The van der Waals surface area contributed by atoms with Gasteiger partial charge in [-0.15, -0.1) is 0 Å². The first-order chi connectivity index (χ1) is 9.73. The molecule has 0 radical (unpaired) electrons. The Hall–Kier alpha value is -0.800. The van der Waals surface area contributed by atoms with Gasteiger partial charge in [0, 0.05) is 12.6 Å². The lowest BCUT2D eigenvalue weighted by atomic mass is 9.82. The topological polar surface area (TPSA) is 28.4 Å². The van der Waals surface area contributed by atoms with E-state index in [9.17, 15) is 0 Å². The Labute approximate surface area is 122 Å². The van der Waals surface area contributed by atoms with Crippen LogP contribution in [-0.2, 0) is 13.1 Å². The fourth-order valence-electron chi connectivity index (χ4n) is 3.34. The molecule has 3 nitrogen and oxygen atoms in total. The van der Waals surface area contributed by atoms with Gasteiger partial charge in [0.2, 0.25) is 0 Å². The number of furan rings is 1. The SMILES string of the molecule is CCC1(CC)CCN(Cc2ccc(CNC3CC3)o2)C1. The van der Waals surface area contributed by atoms with Crippen molar-refractivity contribution in [2.75, 3.05) is 13.1 Å². The van der Waals surface area contributed by atoms with Crippen molar-refractivity contribution in [3.8, 4) is 0 Å². The molecule has 112 valence electrons. The van der Waals surface area contributed by atoms with Gasteiger partial charge in [-0.2, -0.15) is 0 Å². The summed E-state index contributed by atoms with van der Waals surface area (Å²) in [6.45, 7) is 8.99. The fraction of sp³-hybridized carbons (Fsp3) is 0.765. The molecule has 0 aromatic carbocycles. The second-order valence-corrected chi connectivity index (χ2v) is 6.69. The molecule has 0 bridgehead atoms. The first-order valence-electron chi connectivity index (χ1n) is 8.26. The van der Waals surface area contributed by atoms with Crippen LogP contribution < -0.4 is 5.32 Å². The highest BCUT2D eigenvalue weighted by atomic mass is 16.3. The average molecular weight is 276 g/mol. The molecule has 1 aliphatic heterocycles. The lowest BCUT2D eigenvalue weighted by Gasteiger charge is -2.26. The first kappa shape index (κ1) is 14.2. The highest BCUT2D eigenvalue weighted by Gasteiger charge is 2.34. The summed E-state index contributed by atoms with van der Waals surface area (Å²) in [6.07, 6.45) is 6.61. The third kappa shape index (κ3) is 3.26. The van der Waals surface area contributed by atoms with E-state index in [1.165, 1.54) is 45.2 Å². The molecule has 0 unspecified atom stereocenters. The molecule has 1 aliphatic carbocycles. The van der Waals surface area contributed by atoms with Crippen molar-refractivity contribution in [1.29, 1.82) is 0 Å². The second kappa shape index (κ2) is 5.90. The highest BCUT2D eigenvalue weighted by molar-refractivity contribution is 5.08. The van der Waals surface area contributed by atoms with Crippen LogP contribution in [0.3, 0.4) is 0 Å². The van der Waals surface area contributed by atoms with Crippen LogP contribution in [0, 0.1) is 5.41 Å². The predicted molar refractivity (Wildman–Crippen MR) is 81.5 cm³/mol. The van der Waals surface area contributed by atoms with Gasteiger partial charge in [0.1, 0.15) is 11.5 Å². The minimum Gasteiger partial charge on any atom is -0.463 e. The van der Waals surface area contributed by atoms with Crippen molar-refractivity contribution in [3.63, 3.8) is 0 Å². The van der Waals surface area contributed by atoms with Crippen LogP contribution in [0.1, 0.15) is 57.5 Å². The minimum atomic E-state index is 0.558. The third-order valence-corrected chi connectivity index (χ3v) is 5.26. The van der Waals surface area contributed by atoms with Gasteiger partial charge in [-0.1, -0.05) is 13.8 Å². The van der Waals surface area contributed by atoms with Gasteiger partial charge in [0.15, 0.2) is 0 Å². The standard InChI is InChI=1S/C17H28N2O/c1-3-17(4-2)9-10-19(13-17)12-16-8-7-15(20-16)11-18-14-5-6-14/h7-8,14,18H,3-6,9-13H2,1-2H3. The number of hydrogen-bond acceptors (Lipinski definition) is 3. The summed E-state index contributed by atoms with van der Waals surface area (Å²) in [7, 11) is 0. The maximum absolute atomic E-state index is 5.96. The van der Waals surface area contributed by atoms with Crippen molar-refractivity contribution in [2.45, 2.75) is 65.1 Å². The molecule has 0 spiro atoms. The van der Waals surface area contributed by atoms with Crippen LogP contribution in [0.4, 0.5) is 0 Å². The summed E-state index contributed by atoms with van der Waals surface area (Å²) < 4.78 is 5.96. The second-order valence-electron chi connectivity index (χ2n) is 6.69. The Morgan fingerprint density at radius 1 is 1.25 bits per heavy atom. The zero-order valence-electron chi connectivity index (χ0n) is 13.0. The Morgan fingerprint density at radius 3 is 2.65 bits per heavy atom. The van der Waals surface area contributed by atoms with Gasteiger partial charge >= 0.3 is 0 Å². The van der Waals surface area contributed by atoms with Crippen molar-refractivity contribution in [2.24, 2.45) is 5.41 Å². The minimum absolute atomic E-state index is 0.558. The summed E-state index contributed by atoms with van der Waals surface area (Å²) in [5.41, 5.74) is 0.558. The molecule has 1 saturated heterocycles. The molecule has 2 heterocycles. The maximum Gasteiger partial charge on any atom is 0.118 e. The van der Waals surface area contributed by atoms with E-state index in [2.05, 4.69) is 36.2 Å². The molecule has 1 saturated carbocycles. The van der Waals surface area contributed by atoms with Crippen LogP contribution in [-0.4, -0.2) is 24.0 Å². The van der Waals surface area contributed by atoms with Crippen molar-refractivity contribution >= 4 is 0 Å². The molecule has 1 N–H and O–H groups in total. The average Bonchev–Trinajstić information content (AvgIpc) is 3.05. The summed E-state index contributed by atoms with van der Waals surface area (Å²) in [5.74, 6) is 2.21. The van der Waals surface area contributed by atoms with Gasteiger partial charge in [-0.3, -0.25) is 4.90 Å². The molecule has 1 aromatic rings. The Morgan fingerprint density at radius 2 is 2.00 bits per heavy atom. The molecule has 1 aromatic heterocycles.